The van der Waals surface area contributed by atoms with E-state index in [0.29, 0.717) is 49.6 Å². The van der Waals surface area contributed by atoms with E-state index in [1.165, 1.54) is 7.11 Å². The Labute approximate surface area is 245 Å². The molecule has 2 N–H and O–H groups in total. The van der Waals surface area contributed by atoms with Crippen molar-refractivity contribution in [1.29, 1.82) is 0 Å². The van der Waals surface area contributed by atoms with Crippen LogP contribution in [0.4, 0.5) is 0 Å². The number of carbonyl (C=O) groups excluding carboxylic acids is 3. The van der Waals surface area contributed by atoms with Crippen molar-refractivity contribution in [3.8, 4) is 17.2 Å². The monoisotopic (exact) mass is 575 g/mol. The lowest BCUT2D eigenvalue weighted by Crippen LogP contribution is -2.59. The molecule has 3 amide bonds. The zero-order valence-corrected chi connectivity index (χ0v) is 24.2. The Morgan fingerprint density at radius 2 is 1.83 bits per heavy atom. The van der Waals surface area contributed by atoms with Crippen molar-refractivity contribution < 1.29 is 28.6 Å². The number of nitrogens with zero attached hydrogens (tertiary/aromatic N) is 3. The number of methoxy groups -OCH3 is 1. The largest absolute Gasteiger partial charge is 0.493 e. The molecule has 42 heavy (non-hydrogen) atoms. The fourth-order valence-corrected chi connectivity index (χ4v) is 5.29. The Kier molecular flexibility index (Phi) is 8.94. The van der Waals surface area contributed by atoms with Gasteiger partial charge in [0.15, 0.2) is 18.1 Å². The number of aromatic nitrogens is 2. The molecule has 3 aromatic rings. The van der Waals surface area contributed by atoms with Gasteiger partial charge in [-0.25, -0.2) is 0 Å². The Morgan fingerprint density at radius 1 is 1.05 bits per heavy atom. The van der Waals surface area contributed by atoms with Crippen molar-refractivity contribution in [3.05, 3.63) is 71.0 Å². The highest BCUT2D eigenvalue weighted by molar-refractivity contribution is 5.79. The van der Waals surface area contributed by atoms with E-state index >= 15 is 0 Å². The van der Waals surface area contributed by atoms with Crippen molar-refractivity contribution in [2.24, 2.45) is 0 Å². The minimum atomic E-state index is -0.465. The van der Waals surface area contributed by atoms with Crippen molar-refractivity contribution >= 4 is 17.7 Å². The summed E-state index contributed by atoms with van der Waals surface area (Å²) in [6, 6.07) is 14.4. The molecular formula is C31H37N5O6. The van der Waals surface area contributed by atoms with Crippen LogP contribution in [-0.4, -0.2) is 71.4 Å². The number of ether oxygens (including phenoxy) is 3. The molecule has 1 saturated heterocycles. The Balaban J connectivity index is 1.35. The van der Waals surface area contributed by atoms with Gasteiger partial charge < -0.3 is 29.7 Å². The molecule has 222 valence electrons. The molecule has 0 saturated carbocycles. The van der Waals surface area contributed by atoms with Crippen molar-refractivity contribution in [3.63, 3.8) is 0 Å². The number of nitrogens with one attached hydrogen (secondary N) is 2. The van der Waals surface area contributed by atoms with Gasteiger partial charge in [0.2, 0.25) is 11.8 Å². The fourth-order valence-electron chi connectivity index (χ4n) is 5.29. The lowest BCUT2D eigenvalue weighted by atomic mass is 10.0. The zero-order chi connectivity index (χ0) is 29.6. The van der Waals surface area contributed by atoms with Gasteiger partial charge in [-0.05, 0) is 61.7 Å². The van der Waals surface area contributed by atoms with Crippen molar-refractivity contribution in [1.82, 2.24) is 25.3 Å². The molecule has 11 nitrogen and oxygen atoms in total. The van der Waals surface area contributed by atoms with Gasteiger partial charge in [-0.3, -0.25) is 19.1 Å². The van der Waals surface area contributed by atoms with Gasteiger partial charge in [-0.15, -0.1) is 0 Å². The minimum Gasteiger partial charge on any atom is -0.493 e. The summed E-state index contributed by atoms with van der Waals surface area (Å²) in [6.45, 7) is 4.88. The lowest BCUT2D eigenvalue weighted by Gasteiger charge is -2.39. The quantitative estimate of drug-likeness (QED) is 0.491. The molecular weight excluding hydrogens is 538 g/mol. The number of carbonyl (C=O) groups is 3. The van der Waals surface area contributed by atoms with Gasteiger partial charge in [-0.1, -0.05) is 18.2 Å². The molecule has 2 aromatic carbocycles. The first-order valence-corrected chi connectivity index (χ1v) is 14.2. The van der Waals surface area contributed by atoms with Crippen molar-refractivity contribution in [2.45, 2.75) is 58.3 Å². The van der Waals surface area contributed by atoms with Crippen LogP contribution in [-0.2, 0) is 33.9 Å². The maximum atomic E-state index is 13.2. The molecule has 0 radical (unpaired) electrons. The molecule has 5 aliphatic rings. The highest BCUT2D eigenvalue weighted by Crippen LogP contribution is 2.29. The molecule has 1 aromatic heterocycles. The highest BCUT2D eigenvalue weighted by atomic mass is 16.5. The number of aryl methyl sites for hydroxylation is 3. The number of hydrogen-bond donors (Lipinski definition) is 2. The summed E-state index contributed by atoms with van der Waals surface area (Å²) in [6.07, 6.45) is 1.03. The molecule has 0 unspecified atom stereocenters. The van der Waals surface area contributed by atoms with E-state index in [1.54, 1.807) is 15.6 Å². The van der Waals surface area contributed by atoms with E-state index in [0.717, 1.165) is 22.5 Å². The van der Waals surface area contributed by atoms with Gasteiger partial charge in [0, 0.05) is 38.2 Å². The molecule has 8 rings (SSSR count). The van der Waals surface area contributed by atoms with Crippen LogP contribution in [0.3, 0.4) is 0 Å². The van der Waals surface area contributed by atoms with Gasteiger partial charge in [0.05, 0.1) is 18.8 Å². The molecule has 6 heterocycles. The summed E-state index contributed by atoms with van der Waals surface area (Å²) < 4.78 is 19.3. The predicted molar refractivity (Wildman–Crippen MR) is 154 cm³/mol. The second-order valence-corrected chi connectivity index (χ2v) is 10.7. The summed E-state index contributed by atoms with van der Waals surface area (Å²) in [7, 11) is 1.53. The van der Waals surface area contributed by atoms with Gasteiger partial charge in [0.1, 0.15) is 18.4 Å². The third-order valence-electron chi connectivity index (χ3n) is 7.56. The number of likely N-dealkylation sites (tertiary alicyclic amines) is 1. The zero-order valence-electron chi connectivity index (χ0n) is 24.2. The van der Waals surface area contributed by atoms with E-state index < -0.39 is 6.04 Å². The third-order valence-corrected chi connectivity index (χ3v) is 7.56. The van der Waals surface area contributed by atoms with Crippen LogP contribution in [0, 0.1) is 13.8 Å². The summed E-state index contributed by atoms with van der Waals surface area (Å²) in [5, 5.41) is 10.4. The highest BCUT2D eigenvalue weighted by Gasteiger charge is 2.34. The first-order chi connectivity index (χ1) is 20.3. The molecule has 1 fully saturated rings. The Bertz CT molecular complexity index is 1440. The first-order valence-electron chi connectivity index (χ1n) is 14.2. The predicted octanol–water partition coefficient (Wildman–Crippen LogP) is 2.31. The summed E-state index contributed by atoms with van der Waals surface area (Å²) in [5.74, 6) is 1.08. The van der Waals surface area contributed by atoms with E-state index in [1.807, 2.05) is 56.3 Å². The second-order valence-electron chi connectivity index (χ2n) is 10.7. The molecule has 0 aliphatic carbocycles. The fraction of sp³-hybridized carbons (Fsp3) is 0.419. The van der Waals surface area contributed by atoms with Gasteiger partial charge in [0.25, 0.3) is 5.91 Å². The van der Waals surface area contributed by atoms with E-state index in [2.05, 4.69) is 15.7 Å². The molecule has 2 atom stereocenters. The number of piperidine rings is 1. The van der Waals surface area contributed by atoms with E-state index in [9.17, 15) is 14.4 Å². The van der Waals surface area contributed by atoms with E-state index in [4.69, 9.17) is 14.2 Å². The number of amides is 3. The number of hydrogen-bond acceptors (Lipinski definition) is 7. The number of rotatable bonds is 3. The normalized spacial score (nSPS) is 19.6. The molecule has 5 aliphatic heterocycles. The van der Waals surface area contributed by atoms with Crippen molar-refractivity contribution in [2.75, 3.05) is 26.8 Å². The van der Waals surface area contributed by atoms with Crippen LogP contribution in [0.15, 0.2) is 48.5 Å². The first kappa shape index (κ1) is 29.0. The minimum absolute atomic E-state index is 0.0531. The average Bonchev–Trinajstić information content (AvgIpc) is 3.30. The Hall–Kier alpha value is -4.54. The van der Waals surface area contributed by atoms with Gasteiger partial charge >= 0.3 is 0 Å². The topological polar surface area (TPSA) is 124 Å². The van der Waals surface area contributed by atoms with Crippen LogP contribution >= 0.6 is 0 Å². The van der Waals surface area contributed by atoms with Gasteiger partial charge in [-0.2, -0.15) is 5.10 Å². The molecule has 4 bridgehead atoms. The second kappa shape index (κ2) is 13.0. The van der Waals surface area contributed by atoms with Crippen LogP contribution in [0.25, 0.3) is 0 Å². The molecule has 11 heteroatoms. The van der Waals surface area contributed by atoms with Crippen LogP contribution in [0.5, 0.6) is 17.2 Å². The SMILES string of the molecule is COc1cc2ccc1OCC(=O)N[C@@H]1CN(C(=O)Cn3nc(C)cc3C)CC[C@H]1Oc1ccc(cc1)CNC(=O)CC2. The van der Waals surface area contributed by atoms with Crippen LogP contribution in [0.1, 0.15) is 35.4 Å². The Morgan fingerprint density at radius 3 is 2.57 bits per heavy atom. The van der Waals surface area contributed by atoms with E-state index in [-0.39, 0.29) is 43.5 Å². The standard InChI is InChI=1S/C31H37N5O6/c1-20-14-21(2)36(34-20)18-31(39)35-13-12-26-25(17-35)33-30(38)19-41-27-10-6-22(15-28(27)40-3)7-11-29(37)32-16-23-4-8-24(42-26)9-5-23/h4-6,8-10,14-15,25-26H,7,11-13,16-19H2,1-3H3,(H,32,37)(H,33,38)/t25-,26-/m1/s1. The third kappa shape index (κ3) is 7.20. The summed E-state index contributed by atoms with van der Waals surface area (Å²) in [4.78, 5) is 40.5. The smallest absolute Gasteiger partial charge is 0.258 e. The summed E-state index contributed by atoms with van der Waals surface area (Å²) >= 11 is 0. The maximum Gasteiger partial charge on any atom is 0.258 e. The summed E-state index contributed by atoms with van der Waals surface area (Å²) in [5.41, 5.74) is 3.64. The maximum absolute atomic E-state index is 13.2. The van der Waals surface area contributed by atoms with Crippen LogP contribution < -0.4 is 24.8 Å². The average molecular weight is 576 g/mol. The number of benzene rings is 2. The lowest BCUT2D eigenvalue weighted by molar-refractivity contribution is -0.136. The van der Waals surface area contributed by atoms with Crippen LogP contribution in [0.2, 0.25) is 0 Å². The molecule has 0 spiro atoms.